The predicted octanol–water partition coefficient (Wildman–Crippen LogP) is 35.0. The molecule has 0 saturated carbocycles. The van der Waals surface area contributed by atoms with Crippen molar-refractivity contribution in [3.63, 3.8) is 0 Å². The zero-order chi connectivity index (χ0) is 85.7. The normalized spacial score (nSPS) is 13.1. The van der Waals surface area contributed by atoms with Crippen molar-refractivity contribution in [1.29, 1.82) is 0 Å². The third kappa shape index (κ3) is 11.1. The number of furan rings is 2. The first-order chi connectivity index (χ1) is 62.7. The molecule has 2 aromatic heterocycles. The largest absolute Gasteiger partial charge is 0.454 e. The van der Waals surface area contributed by atoms with Gasteiger partial charge in [0, 0.05) is 76.1 Å². The zero-order valence-electron chi connectivity index (χ0n) is 72.6. The van der Waals surface area contributed by atoms with Crippen molar-refractivity contribution >= 4 is 198 Å². The summed E-state index contributed by atoms with van der Waals surface area (Å²) < 4.78 is 13.4. The topological polar surface area (TPSA) is 39.2 Å². The lowest BCUT2D eigenvalue weighted by Crippen LogP contribution is -2.21. The number of anilines is 12. The Balaban J connectivity index is 0.000000141. The molecule has 0 amide bonds. The first kappa shape index (κ1) is 74.8. The van der Waals surface area contributed by atoms with E-state index in [1.165, 1.54) is 187 Å². The molecule has 0 unspecified atom stereocenters. The van der Waals surface area contributed by atoms with Crippen LogP contribution in [0.25, 0.3) is 152 Å². The first-order valence-corrected chi connectivity index (χ1v) is 44.7. The molecule has 22 aromatic carbocycles. The fourth-order valence-corrected chi connectivity index (χ4v) is 22.4. The van der Waals surface area contributed by atoms with Crippen LogP contribution < -0.4 is 19.6 Å². The summed E-state index contributed by atoms with van der Waals surface area (Å²) in [5.74, 6) is 0. The highest BCUT2D eigenvalue weighted by Crippen LogP contribution is 2.60. The van der Waals surface area contributed by atoms with E-state index in [-0.39, 0.29) is 10.8 Å². The number of hydrogen-bond donors (Lipinski definition) is 0. The fourth-order valence-electron chi connectivity index (χ4n) is 22.4. The maximum Gasteiger partial charge on any atom is 0.159 e. The number of hydrogen-bond acceptors (Lipinski definition) is 6. The number of rotatable bonds is 12. The Bertz CT molecular complexity index is 8710. The quantitative estimate of drug-likeness (QED) is 0.114. The van der Waals surface area contributed by atoms with Gasteiger partial charge in [0.2, 0.25) is 0 Å². The summed E-state index contributed by atoms with van der Waals surface area (Å²) in [7, 11) is 0. The van der Waals surface area contributed by atoms with Crippen LogP contribution in [0, 0.1) is 27.7 Å². The van der Waals surface area contributed by atoms with Gasteiger partial charge in [0.05, 0.1) is 56.9 Å². The first-order valence-electron chi connectivity index (χ1n) is 44.7. The fraction of sp³-hybridized carbons (Fsp3) is 0.0820. The van der Waals surface area contributed by atoms with Crippen molar-refractivity contribution in [2.24, 2.45) is 0 Å². The van der Waals surface area contributed by atoms with Crippen LogP contribution in [-0.2, 0) is 10.8 Å². The van der Waals surface area contributed by atoms with Crippen LogP contribution in [0.2, 0.25) is 0 Å². The van der Waals surface area contributed by atoms with Crippen molar-refractivity contribution in [1.82, 2.24) is 0 Å². The molecule has 608 valence electrons. The Morgan fingerprint density at radius 1 is 0.203 bits per heavy atom. The minimum Gasteiger partial charge on any atom is -0.454 e. The Morgan fingerprint density at radius 3 is 0.992 bits per heavy atom. The lowest BCUT2D eigenvalue weighted by Gasteiger charge is -2.35. The van der Waals surface area contributed by atoms with Gasteiger partial charge in [0.1, 0.15) is 11.2 Å². The SMILES string of the molecule is Cc1cc(N(c2cccc3c2C(C)(C)c2ccccc2-3)c2cccc3ccccc23)c2ccc3ccc(N(c4cccc5c4C(C)(C)c4ccccc4-5)c4cccc5ccccc45)c4ccc1c2c34.Cc1ccc(N(c2ccc3ccc4c(N(c5ccc(C)cc5)c5cccc6c5oc5ccccc56)cc(C)c5ccc2c3c54)c2cccc3c2oc2ccccc23)cc1. The summed E-state index contributed by atoms with van der Waals surface area (Å²) in [4.78, 5) is 9.96. The van der Waals surface area contributed by atoms with E-state index in [0.717, 1.165) is 78.0 Å². The Morgan fingerprint density at radius 2 is 0.516 bits per heavy atom. The van der Waals surface area contributed by atoms with Gasteiger partial charge in [-0.05, 0) is 234 Å². The molecular weight excluding hydrogens is 1550 g/mol. The smallest absolute Gasteiger partial charge is 0.159 e. The molecule has 0 fully saturated rings. The van der Waals surface area contributed by atoms with Crippen molar-refractivity contribution in [3.8, 4) is 22.3 Å². The molecule has 0 radical (unpaired) electrons. The van der Waals surface area contributed by atoms with E-state index in [2.05, 4.69) is 451 Å². The van der Waals surface area contributed by atoms with Gasteiger partial charge in [-0.15, -0.1) is 0 Å². The Kier molecular flexibility index (Phi) is 16.6. The highest BCUT2D eigenvalue weighted by Gasteiger charge is 2.42. The van der Waals surface area contributed by atoms with E-state index in [1.54, 1.807) is 0 Å². The second-order valence-electron chi connectivity index (χ2n) is 36.3. The molecule has 0 saturated heterocycles. The third-order valence-corrected chi connectivity index (χ3v) is 28.3. The van der Waals surface area contributed by atoms with Crippen LogP contribution in [0.5, 0.6) is 0 Å². The summed E-state index contributed by atoms with van der Waals surface area (Å²) in [6, 6.07) is 143. The van der Waals surface area contributed by atoms with Gasteiger partial charge >= 0.3 is 0 Å². The maximum atomic E-state index is 6.72. The molecule has 6 nitrogen and oxygen atoms in total. The molecule has 0 aliphatic heterocycles. The Labute approximate surface area is 742 Å². The summed E-state index contributed by atoms with van der Waals surface area (Å²) in [6.45, 7) is 18.4. The van der Waals surface area contributed by atoms with E-state index >= 15 is 0 Å². The van der Waals surface area contributed by atoms with E-state index < -0.39 is 0 Å². The number of nitrogens with zero attached hydrogens (tertiary/aromatic N) is 4. The zero-order valence-corrected chi connectivity index (χ0v) is 72.6. The van der Waals surface area contributed by atoms with E-state index in [1.807, 2.05) is 12.1 Å². The second kappa shape index (κ2) is 28.4. The third-order valence-electron chi connectivity index (χ3n) is 28.3. The van der Waals surface area contributed by atoms with E-state index in [4.69, 9.17) is 8.83 Å². The minimum atomic E-state index is -0.224. The molecule has 2 aliphatic rings. The standard InChI is InChI=1S/C67H50N2.C55H38N2O2/c1-41-40-61(69(57-31-15-21-43-19-7-9-23-47(43)57)60-33-17-27-51-49-25-11-13-29-55(49)67(4,5)65(51)60)53-36-34-44-35-39-58(52-38-37-45(41)63(53)62(44)52)68(56-30-14-20-42-18-6-8-22-46(42)56)59-32-16-26-50-48-24-10-12-28-54(48)66(2,3)64(50)59;1-33-18-24-37(25-19-33)56(47-14-8-12-42-40-10-4-6-16-50(40)58-54(42)47)46-31-23-36-22-28-45-49(32-35(3)39-29-30-44(46)52(36)53(39)45)57(38-26-20-34(2)21-27-38)48-15-9-13-43-41-11-5-7-17-51(41)59-55(43)48/h6-40H,1-5H3;4-32H,1-3H3. The number of aryl methyl sites for hydroxylation is 4. The second-order valence-corrected chi connectivity index (χ2v) is 36.3. The van der Waals surface area contributed by atoms with Crippen molar-refractivity contribution < 1.29 is 8.83 Å². The van der Waals surface area contributed by atoms with Crippen molar-refractivity contribution in [3.05, 3.63) is 433 Å². The molecule has 6 heteroatoms. The molecule has 26 rings (SSSR count). The molecule has 0 bridgehead atoms. The average molecular weight is 1640 g/mol. The predicted molar refractivity (Wildman–Crippen MR) is 543 cm³/mol. The Hall–Kier alpha value is -15.8. The molecule has 0 N–H and O–H groups in total. The maximum absolute atomic E-state index is 6.72. The number of para-hydroxylation sites is 4. The monoisotopic (exact) mass is 1640 g/mol. The van der Waals surface area contributed by atoms with Crippen molar-refractivity contribution in [2.45, 2.75) is 66.2 Å². The van der Waals surface area contributed by atoms with Gasteiger partial charge in [0.25, 0.3) is 0 Å². The molecule has 24 aromatic rings. The van der Waals surface area contributed by atoms with Gasteiger partial charge < -0.3 is 28.4 Å². The number of benzene rings is 22. The molecule has 2 heterocycles. The average Bonchev–Trinajstić information content (AvgIpc) is 1.67. The van der Waals surface area contributed by atoms with Crippen LogP contribution in [0.3, 0.4) is 0 Å². The molecule has 2 aliphatic carbocycles. The number of fused-ring (bicyclic) bond motifs is 14. The highest BCUT2D eigenvalue weighted by molar-refractivity contribution is 6.32. The van der Waals surface area contributed by atoms with Crippen LogP contribution >= 0.6 is 0 Å². The minimum absolute atomic E-state index is 0.222. The molecule has 128 heavy (non-hydrogen) atoms. The van der Waals surface area contributed by atoms with Gasteiger partial charge in [-0.2, -0.15) is 0 Å². The summed E-state index contributed by atoms with van der Waals surface area (Å²) >= 11 is 0. The molecule has 0 spiro atoms. The van der Waals surface area contributed by atoms with Crippen LogP contribution in [-0.4, -0.2) is 0 Å². The van der Waals surface area contributed by atoms with Gasteiger partial charge in [0.15, 0.2) is 11.2 Å². The summed E-state index contributed by atoms with van der Waals surface area (Å²) in [5, 5.41) is 24.2. The molecular formula is C122H88N4O2. The highest BCUT2D eigenvalue weighted by atomic mass is 16.3. The lowest BCUT2D eigenvalue weighted by molar-refractivity contribution is 0.660. The van der Waals surface area contributed by atoms with Crippen LogP contribution in [0.1, 0.15) is 72.2 Å². The van der Waals surface area contributed by atoms with Crippen LogP contribution in [0.4, 0.5) is 68.2 Å². The summed E-state index contributed by atoms with van der Waals surface area (Å²) in [5.41, 5.74) is 32.1. The van der Waals surface area contributed by atoms with Crippen LogP contribution in [0.15, 0.2) is 397 Å². The van der Waals surface area contributed by atoms with Crippen molar-refractivity contribution in [2.75, 3.05) is 19.6 Å². The van der Waals surface area contributed by atoms with E-state index in [9.17, 15) is 0 Å². The van der Waals surface area contributed by atoms with Gasteiger partial charge in [-0.25, -0.2) is 0 Å². The van der Waals surface area contributed by atoms with Gasteiger partial charge in [-0.1, -0.05) is 330 Å². The molecule has 0 atom stereocenters. The van der Waals surface area contributed by atoms with Gasteiger partial charge in [-0.3, -0.25) is 0 Å². The van der Waals surface area contributed by atoms with E-state index in [0.29, 0.717) is 0 Å². The lowest BCUT2D eigenvalue weighted by atomic mass is 9.81. The summed E-state index contributed by atoms with van der Waals surface area (Å²) in [6.07, 6.45) is 0.